The van der Waals surface area contributed by atoms with Crippen molar-refractivity contribution < 1.29 is 10.0 Å². The molecular weight excluding hydrogens is 228 g/mol. The summed E-state index contributed by atoms with van der Waals surface area (Å²) in [7, 11) is 0. The van der Waals surface area contributed by atoms with Gasteiger partial charge in [-0.1, -0.05) is 18.3 Å². The lowest BCUT2D eigenvalue weighted by atomic mass is 10.0. The summed E-state index contributed by atoms with van der Waals surface area (Å²) in [6.07, 6.45) is 0.801. The summed E-state index contributed by atoms with van der Waals surface area (Å²) < 4.78 is 0. The van der Waals surface area contributed by atoms with Gasteiger partial charge in [0.2, 0.25) is 0 Å². The van der Waals surface area contributed by atoms with Gasteiger partial charge < -0.3 is 10.4 Å². The summed E-state index contributed by atoms with van der Waals surface area (Å²) in [5, 5.41) is 24.8. The standard InChI is InChI=1S/C10H16N2O3S/c1-3-10(2,7-13)11-5-8-4-9(12(14)15)16-6-8/h4,6,11,13H,3,5,7H2,1-2H3. The highest BCUT2D eigenvalue weighted by molar-refractivity contribution is 7.13. The van der Waals surface area contributed by atoms with Crippen molar-refractivity contribution in [2.75, 3.05) is 6.61 Å². The van der Waals surface area contributed by atoms with E-state index in [0.717, 1.165) is 23.3 Å². The largest absolute Gasteiger partial charge is 0.394 e. The Bertz CT molecular complexity index is 361. The molecule has 0 aromatic carbocycles. The van der Waals surface area contributed by atoms with Gasteiger partial charge in [0.15, 0.2) is 0 Å². The predicted molar refractivity (Wildman–Crippen MR) is 63.6 cm³/mol. The fourth-order valence-corrected chi connectivity index (χ4v) is 1.89. The van der Waals surface area contributed by atoms with E-state index < -0.39 is 0 Å². The van der Waals surface area contributed by atoms with Crippen molar-refractivity contribution in [3.05, 3.63) is 27.1 Å². The van der Waals surface area contributed by atoms with Crippen molar-refractivity contribution in [1.29, 1.82) is 0 Å². The van der Waals surface area contributed by atoms with Crippen molar-refractivity contribution in [3.8, 4) is 0 Å². The highest BCUT2D eigenvalue weighted by atomic mass is 32.1. The first kappa shape index (κ1) is 13.1. The zero-order valence-electron chi connectivity index (χ0n) is 9.40. The van der Waals surface area contributed by atoms with Gasteiger partial charge >= 0.3 is 5.00 Å². The molecule has 6 heteroatoms. The molecule has 0 aliphatic heterocycles. The molecule has 16 heavy (non-hydrogen) atoms. The molecule has 0 saturated carbocycles. The lowest BCUT2D eigenvalue weighted by Crippen LogP contribution is -2.44. The number of hydrogen-bond acceptors (Lipinski definition) is 5. The fourth-order valence-electron chi connectivity index (χ4n) is 1.16. The molecule has 0 radical (unpaired) electrons. The Labute approximate surface area is 98.3 Å². The summed E-state index contributed by atoms with van der Waals surface area (Å²) in [4.78, 5) is 10.1. The Balaban J connectivity index is 2.57. The first-order valence-electron chi connectivity index (χ1n) is 5.08. The fraction of sp³-hybridized carbons (Fsp3) is 0.600. The minimum absolute atomic E-state index is 0.0513. The normalized spacial score (nSPS) is 14.7. The molecule has 0 amide bonds. The Kier molecular flexibility index (Phi) is 4.40. The number of thiophene rings is 1. The third kappa shape index (κ3) is 3.26. The SMILES string of the molecule is CCC(C)(CO)NCc1csc([N+](=O)[O-])c1. The molecule has 2 N–H and O–H groups in total. The van der Waals surface area contributed by atoms with Crippen LogP contribution in [0.5, 0.6) is 0 Å². The van der Waals surface area contributed by atoms with Crippen LogP contribution < -0.4 is 5.32 Å². The van der Waals surface area contributed by atoms with E-state index in [1.54, 1.807) is 11.4 Å². The van der Waals surface area contributed by atoms with Gasteiger partial charge in [-0.3, -0.25) is 10.1 Å². The average molecular weight is 244 g/mol. The van der Waals surface area contributed by atoms with Crippen molar-refractivity contribution in [3.63, 3.8) is 0 Å². The summed E-state index contributed by atoms with van der Waals surface area (Å²) in [6, 6.07) is 1.56. The van der Waals surface area contributed by atoms with E-state index in [0.29, 0.717) is 6.54 Å². The molecule has 0 aliphatic carbocycles. The molecule has 5 nitrogen and oxygen atoms in total. The lowest BCUT2D eigenvalue weighted by molar-refractivity contribution is -0.380. The second-order valence-corrected chi connectivity index (χ2v) is 4.87. The highest BCUT2D eigenvalue weighted by Gasteiger charge is 2.20. The van der Waals surface area contributed by atoms with Crippen molar-refractivity contribution >= 4 is 16.3 Å². The van der Waals surface area contributed by atoms with E-state index in [-0.39, 0.29) is 22.1 Å². The molecule has 1 aromatic rings. The number of nitrogens with one attached hydrogen (secondary N) is 1. The van der Waals surface area contributed by atoms with Crippen LogP contribution in [0.25, 0.3) is 0 Å². The van der Waals surface area contributed by atoms with Crippen LogP contribution in [0.3, 0.4) is 0 Å². The van der Waals surface area contributed by atoms with Crippen molar-refractivity contribution in [2.45, 2.75) is 32.4 Å². The molecule has 0 saturated heterocycles. The van der Waals surface area contributed by atoms with Crippen LogP contribution in [-0.2, 0) is 6.54 Å². The number of nitro groups is 1. The quantitative estimate of drug-likeness (QED) is 0.592. The Hall–Kier alpha value is -0.980. The molecule has 1 atom stereocenters. The van der Waals surface area contributed by atoms with Crippen molar-refractivity contribution in [1.82, 2.24) is 5.32 Å². The van der Waals surface area contributed by atoms with E-state index in [1.165, 1.54) is 0 Å². The Morgan fingerprint density at radius 2 is 2.38 bits per heavy atom. The lowest BCUT2D eigenvalue weighted by Gasteiger charge is -2.27. The van der Waals surface area contributed by atoms with Crippen LogP contribution in [0, 0.1) is 10.1 Å². The molecule has 90 valence electrons. The van der Waals surface area contributed by atoms with Gasteiger partial charge in [-0.25, -0.2) is 0 Å². The summed E-state index contributed by atoms with van der Waals surface area (Å²) in [5.41, 5.74) is 0.557. The van der Waals surface area contributed by atoms with E-state index in [4.69, 9.17) is 0 Å². The number of aliphatic hydroxyl groups is 1. The maximum absolute atomic E-state index is 10.5. The molecule has 0 aliphatic rings. The zero-order valence-corrected chi connectivity index (χ0v) is 10.2. The second-order valence-electron chi connectivity index (χ2n) is 3.98. The Morgan fingerprint density at radius 3 is 2.81 bits per heavy atom. The van der Waals surface area contributed by atoms with Crippen LogP contribution in [0.2, 0.25) is 0 Å². The minimum Gasteiger partial charge on any atom is -0.394 e. The third-order valence-corrected chi connectivity index (χ3v) is 3.60. The predicted octanol–water partition coefficient (Wildman–Crippen LogP) is 1.91. The summed E-state index contributed by atoms with van der Waals surface area (Å²) in [6.45, 7) is 4.50. The maximum Gasteiger partial charge on any atom is 0.324 e. The second kappa shape index (κ2) is 5.38. The van der Waals surface area contributed by atoms with E-state index in [1.807, 2.05) is 13.8 Å². The smallest absolute Gasteiger partial charge is 0.324 e. The maximum atomic E-state index is 10.5. The first-order chi connectivity index (χ1) is 7.50. The molecule has 1 unspecified atom stereocenters. The molecular formula is C10H16N2O3S. The minimum atomic E-state index is -0.390. The number of hydrogen-bond donors (Lipinski definition) is 2. The summed E-state index contributed by atoms with van der Waals surface area (Å²) in [5.74, 6) is 0. The number of nitrogens with zero attached hydrogens (tertiary/aromatic N) is 1. The Morgan fingerprint density at radius 1 is 1.69 bits per heavy atom. The number of rotatable bonds is 6. The van der Waals surface area contributed by atoms with Crippen LogP contribution in [0.15, 0.2) is 11.4 Å². The zero-order chi connectivity index (χ0) is 12.2. The van der Waals surface area contributed by atoms with Gasteiger partial charge in [-0.05, 0) is 18.9 Å². The van der Waals surface area contributed by atoms with Gasteiger partial charge in [-0.15, -0.1) is 0 Å². The van der Waals surface area contributed by atoms with Gasteiger partial charge in [0.1, 0.15) is 0 Å². The van der Waals surface area contributed by atoms with Crippen molar-refractivity contribution in [2.24, 2.45) is 0 Å². The average Bonchev–Trinajstić information content (AvgIpc) is 2.75. The van der Waals surface area contributed by atoms with E-state index in [9.17, 15) is 15.2 Å². The molecule has 0 spiro atoms. The van der Waals surface area contributed by atoms with Gasteiger partial charge in [0.05, 0.1) is 11.5 Å². The van der Waals surface area contributed by atoms with Gasteiger partial charge in [0, 0.05) is 23.5 Å². The van der Waals surface area contributed by atoms with Crippen LogP contribution in [0.1, 0.15) is 25.8 Å². The topological polar surface area (TPSA) is 75.4 Å². The van der Waals surface area contributed by atoms with Crippen LogP contribution >= 0.6 is 11.3 Å². The molecule has 1 heterocycles. The number of aliphatic hydroxyl groups excluding tert-OH is 1. The third-order valence-electron chi connectivity index (χ3n) is 2.67. The van der Waals surface area contributed by atoms with E-state index in [2.05, 4.69) is 5.32 Å². The van der Waals surface area contributed by atoms with Crippen LogP contribution in [-0.4, -0.2) is 22.2 Å². The molecule has 0 bridgehead atoms. The van der Waals surface area contributed by atoms with Crippen LogP contribution in [0.4, 0.5) is 5.00 Å². The van der Waals surface area contributed by atoms with Gasteiger partial charge in [0.25, 0.3) is 0 Å². The van der Waals surface area contributed by atoms with E-state index >= 15 is 0 Å². The summed E-state index contributed by atoms with van der Waals surface area (Å²) >= 11 is 1.12. The highest BCUT2D eigenvalue weighted by Crippen LogP contribution is 2.23. The molecule has 1 rings (SSSR count). The van der Waals surface area contributed by atoms with Gasteiger partial charge in [-0.2, -0.15) is 0 Å². The molecule has 0 fully saturated rings. The molecule has 1 aromatic heterocycles. The first-order valence-corrected chi connectivity index (χ1v) is 5.96. The monoisotopic (exact) mass is 244 g/mol.